The molecule has 0 bridgehead atoms. The molecule has 0 aliphatic rings. The summed E-state index contributed by atoms with van der Waals surface area (Å²) in [6.07, 6.45) is 6.81. The van der Waals surface area contributed by atoms with Crippen LogP contribution in [0.2, 0.25) is 0 Å². The lowest BCUT2D eigenvalue weighted by Crippen LogP contribution is -2.08. The Morgan fingerprint density at radius 3 is 2.36 bits per heavy atom. The average molecular weight is 158 g/mol. The molecule has 11 heavy (non-hydrogen) atoms. The lowest BCUT2D eigenvalue weighted by Gasteiger charge is -2.11. The third kappa shape index (κ3) is 7.86. The van der Waals surface area contributed by atoms with Crippen molar-refractivity contribution in [2.45, 2.75) is 59.0 Å². The minimum absolute atomic E-state index is 0.474. The van der Waals surface area contributed by atoms with E-state index in [4.69, 9.17) is 4.74 Å². The summed E-state index contributed by atoms with van der Waals surface area (Å²) in [4.78, 5) is 0. The standard InChI is InChI=1S/C10H22O/c1-4-6-7-8-10(3)11-9-5-2/h10H,4-9H2,1-3H3. The van der Waals surface area contributed by atoms with Gasteiger partial charge in [-0.1, -0.05) is 33.1 Å². The van der Waals surface area contributed by atoms with Gasteiger partial charge in [0.1, 0.15) is 0 Å². The summed E-state index contributed by atoms with van der Waals surface area (Å²) >= 11 is 0. The van der Waals surface area contributed by atoms with Crippen molar-refractivity contribution in [1.29, 1.82) is 0 Å². The van der Waals surface area contributed by atoms with Crippen molar-refractivity contribution in [3.8, 4) is 0 Å². The first-order valence-electron chi connectivity index (χ1n) is 4.92. The Labute approximate surface area is 71.1 Å². The Kier molecular flexibility index (Phi) is 8.03. The maximum atomic E-state index is 5.54. The zero-order valence-electron chi connectivity index (χ0n) is 8.23. The molecule has 0 amide bonds. The number of unbranched alkanes of at least 4 members (excludes halogenated alkanes) is 2. The molecule has 0 aromatic heterocycles. The van der Waals surface area contributed by atoms with Gasteiger partial charge in [-0.05, 0) is 19.8 Å². The molecule has 0 rings (SSSR count). The Morgan fingerprint density at radius 1 is 1.09 bits per heavy atom. The van der Waals surface area contributed by atoms with E-state index in [0.29, 0.717) is 6.10 Å². The smallest absolute Gasteiger partial charge is 0.0547 e. The fourth-order valence-corrected chi connectivity index (χ4v) is 1.08. The molecule has 1 unspecified atom stereocenters. The van der Waals surface area contributed by atoms with Gasteiger partial charge in [0.05, 0.1) is 6.10 Å². The molecule has 1 nitrogen and oxygen atoms in total. The van der Waals surface area contributed by atoms with E-state index in [-0.39, 0.29) is 0 Å². The quantitative estimate of drug-likeness (QED) is 0.516. The Bertz CT molecular complexity index is 71.3. The number of ether oxygens (including phenoxy) is 1. The molecule has 0 spiro atoms. The first-order valence-corrected chi connectivity index (χ1v) is 4.92. The maximum Gasteiger partial charge on any atom is 0.0547 e. The second kappa shape index (κ2) is 8.06. The van der Waals surface area contributed by atoms with Crippen LogP contribution in [-0.4, -0.2) is 12.7 Å². The summed E-state index contributed by atoms with van der Waals surface area (Å²) in [7, 11) is 0. The summed E-state index contributed by atoms with van der Waals surface area (Å²) in [6, 6.07) is 0. The second-order valence-corrected chi connectivity index (χ2v) is 3.18. The minimum Gasteiger partial charge on any atom is -0.379 e. The molecule has 0 aliphatic carbocycles. The Hall–Kier alpha value is -0.0400. The minimum atomic E-state index is 0.474. The summed E-state index contributed by atoms with van der Waals surface area (Å²) in [5.74, 6) is 0. The van der Waals surface area contributed by atoms with Gasteiger partial charge in [-0.2, -0.15) is 0 Å². The molecule has 0 saturated heterocycles. The fourth-order valence-electron chi connectivity index (χ4n) is 1.08. The van der Waals surface area contributed by atoms with E-state index in [9.17, 15) is 0 Å². The van der Waals surface area contributed by atoms with E-state index < -0.39 is 0 Å². The normalized spacial score (nSPS) is 13.4. The lowest BCUT2D eigenvalue weighted by atomic mass is 10.1. The van der Waals surface area contributed by atoms with Gasteiger partial charge in [0.25, 0.3) is 0 Å². The van der Waals surface area contributed by atoms with Crippen LogP contribution in [-0.2, 0) is 4.74 Å². The third-order valence-electron chi connectivity index (χ3n) is 1.82. The molecule has 0 radical (unpaired) electrons. The van der Waals surface area contributed by atoms with Gasteiger partial charge in [0, 0.05) is 6.61 Å². The van der Waals surface area contributed by atoms with E-state index in [1.807, 2.05) is 0 Å². The number of rotatable bonds is 7. The zero-order chi connectivity index (χ0) is 8.53. The number of hydrogen-bond acceptors (Lipinski definition) is 1. The van der Waals surface area contributed by atoms with E-state index in [2.05, 4.69) is 20.8 Å². The predicted molar refractivity (Wildman–Crippen MR) is 49.8 cm³/mol. The molecular weight excluding hydrogens is 136 g/mol. The van der Waals surface area contributed by atoms with Gasteiger partial charge in [0.2, 0.25) is 0 Å². The van der Waals surface area contributed by atoms with Gasteiger partial charge < -0.3 is 4.74 Å². The topological polar surface area (TPSA) is 9.23 Å². The first kappa shape index (κ1) is 11.0. The van der Waals surface area contributed by atoms with Crippen molar-refractivity contribution < 1.29 is 4.74 Å². The summed E-state index contributed by atoms with van der Waals surface area (Å²) in [5, 5.41) is 0. The second-order valence-electron chi connectivity index (χ2n) is 3.18. The highest BCUT2D eigenvalue weighted by Crippen LogP contribution is 2.05. The molecule has 1 heteroatoms. The molecule has 0 heterocycles. The lowest BCUT2D eigenvalue weighted by molar-refractivity contribution is 0.0590. The van der Waals surface area contributed by atoms with Gasteiger partial charge in [-0.25, -0.2) is 0 Å². The van der Waals surface area contributed by atoms with Gasteiger partial charge in [-0.3, -0.25) is 0 Å². The highest BCUT2D eigenvalue weighted by atomic mass is 16.5. The van der Waals surface area contributed by atoms with E-state index in [0.717, 1.165) is 13.0 Å². The first-order chi connectivity index (χ1) is 5.31. The van der Waals surface area contributed by atoms with Crippen LogP contribution in [0.1, 0.15) is 52.9 Å². The Balaban J connectivity index is 3.02. The van der Waals surface area contributed by atoms with Crippen molar-refractivity contribution in [3.05, 3.63) is 0 Å². The monoisotopic (exact) mass is 158 g/mol. The highest BCUT2D eigenvalue weighted by molar-refractivity contribution is 4.50. The van der Waals surface area contributed by atoms with Crippen molar-refractivity contribution >= 4 is 0 Å². The van der Waals surface area contributed by atoms with Crippen LogP contribution in [0.5, 0.6) is 0 Å². The summed E-state index contributed by atoms with van der Waals surface area (Å²) < 4.78 is 5.54. The molecule has 0 N–H and O–H groups in total. The molecule has 0 saturated carbocycles. The molecule has 0 fully saturated rings. The number of hydrogen-bond donors (Lipinski definition) is 0. The predicted octanol–water partition coefficient (Wildman–Crippen LogP) is 3.38. The molecule has 1 atom stereocenters. The van der Waals surface area contributed by atoms with Gasteiger partial charge in [-0.15, -0.1) is 0 Å². The van der Waals surface area contributed by atoms with Crippen LogP contribution in [0.4, 0.5) is 0 Å². The molecule has 0 aromatic rings. The average Bonchev–Trinajstić information content (AvgIpc) is 2.01. The zero-order valence-corrected chi connectivity index (χ0v) is 8.23. The van der Waals surface area contributed by atoms with Crippen LogP contribution in [0.15, 0.2) is 0 Å². The Morgan fingerprint density at radius 2 is 1.82 bits per heavy atom. The fraction of sp³-hybridized carbons (Fsp3) is 1.00. The van der Waals surface area contributed by atoms with Crippen LogP contribution in [0.3, 0.4) is 0 Å². The van der Waals surface area contributed by atoms with Crippen molar-refractivity contribution in [1.82, 2.24) is 0 Å². The van der Waals surface area contributed by atoms with E-state index in [1.54, 1.807) is 0 Å². The molecular formula is C10H22O. The largest absolute Gasteiger partial charge is 0.379 e. The van der Waals surface area contributed by atoms with Gasteiger partial charge in [0.15, 0.2) is 0 Å². The molecule has 0 aliphatic heterocycles. The van der Waals surface area contributed by atoms with Crippen molar-refractivity contribution in [2.24, 2.45) is 0 Å². The maximum absolute atomic E-state index is 5.54. The molecule has 68 valence electrons. The van der Waals surface area contributed by atoms with Crippen LogP contribution in [0.25, 0.3) is 0 Å². The van der Waals surface area contributed by atoms with Crippen LogP contribution >= 0.6 is 0 Å². The third-order valence-corrected chi connectivity index (χ3v) is 1.82. The van der Waals surface area contributed by atoms with Crippen molar-refractivity contribution in [2.75, 3.05) is 6.61 Å². The van der Waals surface area contributed by atoms with E-state index in [1.165, 1.54) is 25.7 Å². The van der Waals surface area contributed by atoms with Crippen molar-refractivity contribution in [3.63, 3.8) is 0 Å². The SMILES string of the molecule is CCCCCC(C)OCCC. The van der Waals surface area contributed by atoms with Crippen LogP contribution < -0.4 is 0 Å². The van der Waals surface area contributed by atoms with Crippen LogP contribution in [0, 0.1) is 0 Å². The summed E-state index contributed by atoms with van der Waals surface area (Å²) in [6.45, 7) is 7.48. The van der Waals surface area contributed by atoms with Gasteiger partial charge >= 0.3 is 0 Å². The molecule has 0 aromatic carbocycles. The summed E-state index contributed by atoms with van der Waals surface area (Å²) in [5.41, 5.74) is 0. The highest BCUT2D eigenvalue weighted by Gasteiger charge is 1.99. The van der Waals surface area contributed by atoms with E-state index >= 15 is 0 Å².